The Balaban J connectivity index is 1.80. The average Bonchev–Trinajstić information content (AvgIpc) is 3.26. The molecule has 1 atom stereocenters. The molecule has 0 spiro atoms. The number of nitrogens with one attached hydrogen (secondary N) is 1. The zero-order chi connectivity index (χ0) is 13.1. The highest BCUT2D eigenvalue weighted by molar-refractivity contribution is 5.31. The standard InChI is InChI=1S/C16H24N2O/c1-2-19-15-5-3-4-14(12-15)16(13-6-7-13)18-10-8-17-9-11-18/h3-5,12-13,16-17H,2,6-11H2,1H3/t16-/m1/s1. The lowest BCUT2D eigenvalue weighted by molar-refractivity contribution is 0.156. The van der Waals surface area contributed by atoms with E-state index in [9.17, 15) is 0 Å². The van der Waals surface area contributed by atoms with Crippen LogP contribution in [0.2, 0.25) is 0 Å². The summed E-state index contributed by atoms with van der Waals surface area (Å²) >= 11 is 0. The minimum atomic E-state index is 0.600. The molecule has 0 unspecified atom stereocenters. The minimum Gasteiger partial charge on any atom is -0.494 e. The van der Waals surface area contributed by atoms with Crippen LogP contribution < -0.4 is 10.1 Å². The molecule has 0 aromatic heterocycles. The third-order valence-corrected chi connectivity index (χ3v) is 4.12. The Morgan fingerprint density at radius 2 is 2.11 bits per heavy atom. The predicted octanol–water partition coefficient (Wildman–Crippen LogP) is 2.44. The van der Waals surface area contributed by atoms with Gasteiger partial charge in [0.15, 0.2) is 0 Å². The van der Waals surface area contributed by atoms with E-state index in [4.69, 9.17) is 4.74 Å². The normalized spacial score (nSPS) is 22.2. The van der Waals surface area contributed by atoms with E-state index in [0.717, 1.165) is 31.4 Å². The first-order valence-electron chi connectivity index (χ1n) is 7.56. The van der Waals surface area contributed by atoms with Gasteiger partial charge in [-0.1, -0.05) is 12.1 Å². The van der Waals surface area contributed by atoms with E-state index in [0.29, 0.717) is 6.04 Å². The number of rotatable bonds is 5. The van der Waals surface area contributed by atoms with Crippen LogP contribution in [0.25, 0.3) is 0 Å². The van der Waals surface area contributed by atoms with Crippen molar-refractivity contribution in [3.05, 3.63) is 29.8 Å². The quantitative estimate of drug-likeness (QED) is 0.880. The van der Waals surface area contributed by atoms with Gasteiger partial charge in [-0.2, -0.15) is 0 Å². The fourth-order valence-corrected chi connectivity index (χ4v) is 3.11. The molecule has 1 aliphatic carbocycles. The molecule has 1 heterocycles. The Labute approximate surface area is 115 Å². The van der Waals surface area contributed by atoms with Crippen molar-refractivity contribution < 1.29 is 4.74 Å². The smallest absolute Gasteiger partial charge is 0.119 e. The summed E-state index contributed by atoms with van der Waals surface area (Å²) in [4.78, 5) is 2.65. The number of hydrogen-bond acceptors (Lipinski definition) is 3. The highest BCUT2D eigenvalue weighted by Gasteiger charge is 2.36. The van der Waals surface area contributed by atoms with Gasteiger partial charge in [0.1, 0.15) is 5.75 Å². The van der Waals surface area contributed by atoms with E-state index in [1.165, 1.54) is 31.5 Å². The Bertz CT molecular complexity index is 411. The van der Waals surface area contributed by atoms with Crippen LogP contribution in [0, 0.1) is 5.92 Å². The summed E-state index contributed by atoms with van der Waals surface area (Å²) in [5, 5.41) is 3.45. The lowest BCUT2D eigenvalue weighted by Crippen LogP contribution is -2.45. The maximum Gasteiger partial charge on any atom is 0.119 e. The highest BCUT2D eigenvalue weighted by Crippen LogP contribution is 2.45. The molecule has 1 aromatic carbocycles. The van der Waals surface area contributed by atoms with Crippen molar-refractivity contribution in [1.29, 1.82) is 0 Å². The minimum absolute atomic E-state index is 0.600. The van der Waals surface area contributed by atoms with Gasteiger partial charge in [0.05, 0.1) is 6.61 Å². The molecule has 19 heavy (non-hydrogen) atoms. The molecule has 1 N–H and O–H groups in total. The van der Waals surface area contributed by atoms with Crippen LogP contribution in [0.5, 0.6) is 5.75 Å². The molecule has 3 rings (SSSR count). The molecule has 1 aromatic rings. The Morgan fingerprint density at radius 3 is 2.79 bits per heavy atom. The second-order valence-corrected chi connectivity index (χ2v) is 5.57. The molecule has 104 valence electrons. The summed E-state index contributed by atoms with van der Waals surface area (Å²) in [5.74, 6) is 1.87. The molecule has 1 saturated heterocycles. The van der Waals surface area contributed by atoms with Crippen molar-refractivity contribution in [1.82, 2.24) is 10.2 Å². The molecule has 1 saturated carbocycles. The van der Waals surface area contributed by atoms with Crippen molar-refractivity contribution >= 4 is 0 Å². The Kier molecular flexibility index (Phi) is 4.04. The first-order valence-corrected chi connectivity index (χ1v) is 7.56. The second kappa shape index (κ2) is 5.93. The first kappa shape index (κ1) is 12.9. The monoisotopic (exact) mass is 260 g/mol. The molecular weight excluding hydrogens is 236 g/mol. The fourth-order valence-electron chi connectivity index (χ4n) is 3.11. The molecular formula is C16H24N2O. The third kappa shape index (κ3) is 3.10. The number of benzene rings is 1. The SMILES string of the molecule is CCOc1cccc([C@@H](C2CC2)N2CCNCC2)c1. The van der Waals surface area contributed by atoms with E-state index in [-0.39, 0.29) is 0 Å². The summed E-state index contributed by atoms with van der Waals surface area (Å²) in [7, 11) is 0. The van der Waals surface area contributed by atoms with E-state index < -0.39 is 0 Å². The van der Waals surface area contributed by atoms with Crippen LogP contribution >= 0.6 is 0 Å². The number of ether oxygens (including phenoxy) is 1. The molecule has 0 bridgehead atoms. The summed E-state index contributed by atoms with van der Waals surface area (Å²) in [6.07, 6.45) is 2.76. The van der Waals surface area contributed by atoms with Crippen LogP contribution in [0.15, 0.2) is 24.3 Å². The first-order chi connectivity index (χ1) is 9.38. The molecule has 3 nitrogen and oxygen atoms in total. The molecule has 2 fully saturated rings. The number of nitrogens with zero attached hydrogens (tertiary/aromatic N) is 1. The summed E-state index contributed by atoms with van der Waals surface area (Å²) in [5.41, 5.74) is 1.44. The van der Waals surface area contributed by atoms with Gasteiger partial charge >= 0.3 is 0 Å². The van der Waals surface area contributed by atoms with Gasteiger partial charge in [-0.05, 0) is 43.4 Å². The molecule has 3 heteroatoms. The molecule has 2 aliphatic rings. The maximum atomic E-state index is 5.65. The van der Waals surface area contributed by atoms with Gasteiger partial charge in [0.25, 0.3) is 0 Å². The van der Waals surface area contributed by atoms with Gasteiger partial charge < -0.3 is 10.1 Å². The highest BCUT2D eigenvalue weighted by atomic mass is 16.5. The van der Waals surface area contributed by atoms with Crippen LogP contribution in [-0.2, 0) is 0 Å². The zero-order valence-corrected chi connectivity index (χ0v) is 11.8. The van der Waals surface area contributed by atoms with Crippen LogP contribution in [0.4, 0.5) is 0 Å². The largest absolute Gasteiger partial charge is 0.494 e. The Morgan fingerprint density at radius 1 is 1.32 bits per heavy atom. The number of hydrogen-bond donors (Lipinski definition) is 1. The van der Waals surface area contributed by atoms with Crippen molar-refractivity contribution in [3.8, 4) is 5.75 Å². The van der Waals surface area contributed by atoms with Crippen molar-refractivity contribution in [2.24, 2.45) is 5.92 Å². The summed E-state index contributed by atoms with van der Waals surface area (Å²) in [6.45, 7) is 7.36. The van der Waals surface area contributed by atoms with Crippen LogP contribution in [0.1, 0.15) is 31.4 Å². The van der Waals surface area contributed by atoms with Crippen molar-refractivity contribution in [2.45, 2.75) is 25.8 Å². The maximum absolute atomic E-state index is 5.65. The van der Waals surface area contributed by atoms with Crippen LogP contribution in [-0.4, -0.2) is 37.7 Å². The Hall–Kier alpha value is -1.06. The molecule has 1 aliphatic heterocycles. The topological polar surface area (TPSA) is 24.5 Å². The fraction of sp³-hybridized carbons (Fsp3) is 0.625. The van der Waals surface area contributed by atoms with Crippen molar-refractivity contribution in [3.63, 3.8) is 0 Å². The predicted molar refractivity (Wildman–Crippen MR) is 77.5 cm³/mol. The van der Waals surface area contributed by atoms with E-state index in [1.54, 1.807) is 0 Å². The van der Waals surface area contributed by atoms with Gasteiger partial charge in [0, 0.05) is 32.2 Å². The molecule has 0 radical (unpaired) electrons. The van der Waals surface area contributed by atoms with Crippen molar-refractivity contribution in [2.75, 3.05) is 32.8 Å². The average molecular weight is 260 g/mol. The lowest BCUT2D eigenvalue weighted by Gasteiger charge is -2.35. The lowest BCUT2D eigenvalue weighted by atomic mass is 9.99. The van der Waals surface area contributed by atoms with Gasteiger partial charge in [-0.15, -0.1) is 0 Å². The summed E-state index contributed by atoms with van der Waals surface area (Å²) in [6, 6.07) is 9.32. The van der Waals surface area contributed by atoms with Crippen LogP contribution in [0.3, 0.4) is 0 Å². The van der Waals surface area contributed by atoms with Gasteiger partial charge in [0.2, 0.25) is 0 Å². The second-order valence-electron chi connectivity index (χ2n) is 5.57. The van der Waals surface area contributed by atoms with E-state index in [1.807, 2.05) is 6.92 Å². The molecule has 0 amide bonds. The van der Waals surface area contributed by atoms with E-state index >= 15 is 0 Å². The zero-order valence-electron chi connectivity index (χ0n) is 11.8. The van der Waals surface area contributed by atoms with Gasteiger partial charge in [-0.3, -0.25) is 4.90 Å². The summed E-state index contributed by atoms with van der Waals surface area (Å²) < 4.78 is 5.65. The third-order valence-electron chi connectivity index (χ3n) is 4.12. The van der Waals surface area contributed by atoms with Gasteiger partial charge in [-0.25, -0.2) is 0 Å². The number of piperazine rings is 1. The van der Waals surface area contributed by atoms with E-state index in [2.05, 4.69) is 34.5 Å².